The Morgan fingerprint density at radius 3 is 2.72 bits per heavy atom. The van der Waals surface area contributed by atoms with Gasteiger partial charge < -0.3 is 10.2 Å². The van der Waals surface area contributed by atoms with E-state index in [-0.39, 0.29) is 36.9 Å². The lowest BCUT2D eigenvalue weighted by Gasteiger charge is -2.29. The number of amides is 1. The molecule has 1 amide bonds. The van der Waals surface area contributed by atoms with Gasteiger partial charge >= 0.3 is 12.1 Å². The van der Waals surface area contributed by atoms with Crippen molar-refractivity contribution in [1.29, 1.82) is 0 Å². The van der Waals surface area contributed by atoms with Gasteiger partial charge in [0.2, 0.25) is 10.0 Å². The molecule has 6 rings (SSSR count). The van der Waals surface area contributed by atoms with Crippen LogP contribution in [0.2, 0.25) is 5.02 Å². The maximum absolute atomic E-state index is 13.2. The number of alkyl halides is 3. The lowest BCUT2D eigenvalue weighted by atomic mass is 9.94. The third kappa shape index (κ3) is 6.69. The summed E-state index contributed by atoms with van der Waals surface area (Å²) in [6.07, 6.45) is 3.37. The van der Waals surface area contributed by atoms with Crippen LogP contribution in [0.15, 0.2) is 83.4 Å². The van der Waals surface area contributed by atoms with Gasteiger partial charge in [-0.1, -0.05) is 59.7 Å². The number of benzene rings is 2. The molecule has 1 unspecified atom stereocenters. The van der Waals surface area contributed by atoms with Crippen molar-refractivity contribution >= 4 is 52.3 Å². The Hall–Kier alpha value is -4.14. The molecule has 2 N–H and O–H groups in total. The average Bonchev–Trinajstić information content (AvgIpc) is 3.42. The molecule has 15 heteroatoms. The van der Waals surface area contributed by atoms with E-state index in [1.807, 2.05) is 56.4 Å². The summed E-state index contributed by atoms with van der Waals surface area (Å²) in [6.45, 7) is 0.224. The highest BCUT2D eigenvalue weighted by Gasteiger charge is 2.43. The van der Waals surface area contributed by atoms with Crippen LogP contribution in [0.5, 0.6) is 0 Å². The van der Waals surface area contributed by atoms with Crippen molar-refractivity contribution in [3.05, 3.63) is 94.7 Å². The molecule has 0 bridgehead atoms. The van der Waals surface area contributed by atoms with Crippen LogP contribution in [0.3, 0.4) is 0 Å². The molecule has 4 aromatic rings. The molecule has 1 aliphatic heterocycles. The van der Waals surface area contributed by atoms with E-state index in [2.05, 4.69) is 15.1 Å². The minimum absolute atomic E-state index is 0.0599. The number of carbonyl (C=O) groups excluding carboxylic acids is 1. The van der Waals surface area contributed by atoms with Crippen molar-refractivity contribution in [3.63, 3.8) is 0 Å². The molecule has 1 atom stereocenters. The van der Waals surface area contributed by atoms with Gasteiger partial charge in [-0.25, -0.2) is 18.1 Å². The highest BCUT2D eigenvalue weighted by molar-refractivity contribution is 7.89. The standard InChI is InChI=1S/C31H29BClF3N6O3S/c32-25-17-38-42-28(14-27(40-29(25)42)24-6-1-2-7-26(24)33)37-15-19-4-3-5-20(12-19)16-39-46(44,45)23-9-8-21-10-11-41(18-22(21)13-23)30(43)31(34,35)36/h1-9,13-14,17,20,37,39H,10-12,15-16,18,32H2. The Morgan fingerprint density at radius 1 is 1.13 bits per heavy atom. The minimum atomic E-state index is -4.98. The summed E-state index contributed by atoms with van der Waals surface area (Å²) in [6, 6.07) is 13.8. The van der Waals surface area contributed by atoms with Gasteiger partial charge in [-0.05, 0) is 53.5 Å². The smallest absolute Gasteiger partial charge is 0.366 e. The Morgan fingerprint density at radius 2 is 1.93 bits per heavy atom. The fraction of sp³-hybridized carbons (Fsp3) is 0.258. The normalized spacial score (nSPS) is 16.7. The second-order valence-corrected chi connectivity index (χ2v) is 13.5. The first-order chi connectivity index (χ1) is 21.9. The molecule has 2 aromatic heterocycles. The van der Waals surface area contributed by atoms with Gasteiger partial charge in [0.25, 0.3) is 0 Å². The molecule has 0 saturated heterocycles. The van der Waals surface area contributed by atoms with Crippen LogP contribution in [-0.2, 0) is 27.8 Å². The number of sulfonamides is 1. The molecular weight excluding hydrogens is 640 g/mol. The van der Waals surface area contributed by atoms with Gasteiger partial charge in [0, 0.05) is 49.0 Å². The van der Waals surface area contributed by atoms with Crippen molar-refractivity contribution in [2.75, 3.05) is 25.0 Å². The van der Waals surface area contributed by atoms with Crippen LogP contribution in [0.25, 0.3) is 16.9 Å². The summed E-state index contributed by atoms with van der Waals surface area (Å²) >= 11 is 6.46. The fourth-order valence-electron chi connectivity index (χ4n) is 5.66. The first-order valence-corrected chi connectivity index (χ1v) is 16.4. The summed E-state index contributed by atoms with van der Waals surface area (Å²) in [5, 5.41) is 8.50. The molecule has 46 heavy (non-hydrogen) atoms. The number of fused-ring (bicyclic) bond motifs is 2. The summed E-state index contributed by atoms with van der Waals surface area (Å²) in [5.74, 6) is -1.33. The molecule has 9 nitrogen and oxygen atoms in total. The van der Waals surface area contributed by atoms with Crippen molar-refractivity contribution < 1.29 is 26.4 Å². The average molecular weight is 669 g/mol. The number of aromatic nitrogens is 3. The summed E-state index contributed by atoms with van der Waals surface area (Å²) in [4.78, 5) is 17.1. The molecular formula is C31H29BClF3N6O3S. The number of hydrogen-bond donors (Lipinski definition) is 2. The number of rotatable bonds is 8. The van der Waals surface area contributed by atoms with Crippen LogP contribution < -0.4 is 15.5 Å². The Bertz CT molecular complexity index is 2000. The molecule has 2 aliphatic rings. The van der Waals surface area contributed by atoms with E-state index in [0.717, 1.165) is 28.0 Å². The highest BCUT2D eigenvalue weighted by Crippen LogP contribution is 2.30. The summed E-state index contributed by atoms with van der Waals surface area (Å²) in [7, 11) is -2.03. The molecule has 238 valence electrons. The highest BCUT2D eigenvalue weighted by atomic mass is 35.5. The van der Waals surface area contributed by atoms with Gasteiger partial charge in [0.05, 0.1) is 10.6 Å². The summed E-state index contributed by atoms with van der Waals surface area (Å²) in [5.41, 5.74) is 5.27. The van der Waals surface area contributed by atoms with E-state index in [9.17, 15) is 26.4 Å². The maximum Gasteiger partial charge on any atom is 0.471 e. The van der Waals surface area contributed by atoms with E-state index in [1.165, 1.54) is 12.1 Å². The fourth-order valence-corrected chi connectivity index (χ4v) is 7.03. The van der Waals surface area contributed by atoms with Crippen LogP contribution >= 0.6 is 11.6 Å². The van der Waals surface area contributed by atoms with E-state index in [4.69, 9.17) is 16.6 Å². The monoisotopic (exact) mass is 668 g/mol. The van der Waals surface area contributed by atoms with Crippen LogP contribution in [0.1, 0.15) is 17.5 Å². The predicted octanol–water partition coefficient (Wildman–Crippen LogP) is 3.65. The number of nitrogens with zero attached hydrogens (tertiary/aromatic N) is 4. The van der Waals surface area contributed by atoms with E-state index >= 15 is 0 Å². The number of anilines is 1. The van der Waals surface area contributed by atoms with Crippen LogP contribution in [0.4, 0.5) is 19.0 Å². The third-order valence-electron chi connectivity index (χ3n) is 8.10. The largest absolute Gasteiger partial charge is 0.471 e. The number of hydrogen-bond acceptors (Lipinski definition) is 6. The first-order valence-electron chi connectivity index (χ1n) is 14.6. The molecule has 2 aromatic carbocycles. The third-order valence-corrected chi connectivity index (χ3v) is 9.85. The second kappa shape index (κ2) is 12.6. The van der Waals surface area contributed by atoms with E-state index < -0.39 is 22.1 Å². The minimum Gasteiger partial charge on any atom is -0.366 e. The Kier molecular flexibility index (Phi) is 8.70. The number of carbonyl (C=O) groups is 1. The van der Waals surface area contributed by atoms with Crippen LogP contribution in [0, 0.1) is 5.92 Å². The maximum atomic E-state index is 13.2. The molecule has 0 spiro atoms. The summed E-state index contributed by atoms with van der Waals surface area (Å²) < 4.78 is 69.6. The molecule has 1 aliphatic carbocycles. The number of halogens is 4. The van der Waals surface area contributed by atoms with Gasteiger partial charge in [0.1, 0.15) is 13.7 Å². The lowest BCUT2D eigenvalue weighted by Crippen LogP contribution is -2.43. The van der Waals surface area contributed by atoms with E-state index in [0.29, 0.717) is 39.8 Å². The first kappa shape index (κ1) is 31.8. The predicted molar refractivity (Wildman–Crippen MR) is 172 cm³/mol. The van der Waals surface area contributed by atoms with Crippen molar-refractivity contribution in [2.45, 2.75) is 30.5 Å². The molecule has 0 saturated carbocycles. The second-order valence-electron chi connectivity index (χ2n) is 11.4. The Labute approximate surface area is 269 Å². The number of nitrogens with one attached hydrogen (secondary N) is 2. The van der Waals surface area contributed by atoms with Gasteiger partial charge in [0.15, 0.2) is 5.65 Å². The van der Waals surface area contributed by atoms with Crippen molar-refractivity contribution in [2.24, 2.45) is 5.92 Å². The molecule has 3 heterocycles. The lowest BCUT2D eigenvalue weighted by molar-refractivity contribution is -0.186. The topological polar surface area (TPSA) is 109 Å². The zero-order valence-electron chi connectivity index (χ0n) is 24.7. The van der Waals surface area contributed by atoms with Gasteiger partial charge in [-0.3, -0.25) is 4.79 Å². The van der Waals surface area contributed by atoms with Gasteiger partial charge in [-0.2, -0.15) is 22.8 Å². The van der Waals surface area contributed by atoms with E-state index in [1.54, 1.807) is 16.8 Å². The SMILES string of the molecule is Bc1cnn2c(NCC3=CC=CC(CNS(=O)(=O)c4ccc5c(c4)CN(C(=O)C(F)(F)F)CC5)C3)cc(-c3ccccc3Cl)nc12. The quantitative estimate of drug-likeness (QED) is 0.278. The van der Waals surface area contributed by atoms with Crippen molar-refractivity contribution in [1.82, 2.24) is 24.2 Å². The molecule has 0 radical (unpaired) electrons. The molecule has 0 fully saturated rings. The Balaban J connectivity index is 1.10. The number of allylic oxidation sites excluding steroid dienone is 2. The zero-order valence-corrected chi connectivity index (χ0v) is 26.3. The zero-order chi connectivity index (χ0) is 32.6. The van der Waals surface area contributed by atoms with Crippen LogP contribution in [-0.4, -0.2) is 67.5 Å². The van der Waals surface area contributed by atoms with Crippen molar-refractivity contribution in [3.8, 4) is 11.3 Å². The van der Waals surface area contributed by atoms with Gasteiger partial charge in [-0.15, -0.1) is 0 Å².